The quantitative estimate of drug-likeness (QED) is 0.358. The Morgan fingerprint density at radius 2 is 2.13 bits per heavy atom. The first-order valence-corrected chi connectivity index (χ1v) is 14.3. The van der Waals surface area contributed by atoms with Crippen LogP contribution in [0.25, 0.3) is 0 Å². The Labute approximate surface area is 231 Å². The summed E-state index contributed by atoms with van der Waals surface area (Å²) in [5, 5.41) is 16.3. The molecule has 2 aromatic rings. The largest absolute Gasteiger partial charge is 0.383 e. The lowest BCUT2D eigenvalue weighted by Gasteiger charge is -2.33. The van der Waals surface area contributed by atoms with Gasteiger partial charge < -0.3 is 10.2 Å². The van der Waals surface area contributed by atoms with Gasteiger partial charge in [0.2, 0.25) is 5.91 Å². The lowest BCUT2D eigenvalue weighted by atomic mass is 10.0. The van der Waals surface area contributed by atoms with Crippen LogP contribution in [-0.4, -0.2) is 88.8 Å². The highest BCUT2D eigenvalue weighted by Crippen LogP contribution is 2.34. The van der Waals surface area contributed by atoms with E-state index in [0.717, 1.165) is 36.0 Å². The fourth-order valence-electron chi connectivity index (χ4n) is 4.77. The third kappa shape index (κ3) is 6.49. The van der Waals surface area contributed by atoms with E-state index in [-0.39, 0.29) is 11.6 Å². The summed E-state index contributed by atoms with van der Waals surface area (Å²) in [4.78, 5) is 51.8. The Kier molecular flexibility index (Phi) is 8.28. The summed E-state index contributed by atoms with van der Waals surface area (Å²) in [6.07, 6.45) is 6.14. The highest BCUT2D eigenvalue weighted by molar-refractivity contribution is 8.00. The van der Waals surface area contributed by atoms with Crippen LogP contribution in [0.15, 0.2) is 18.3 Å². The monoisotopic (exact) mass is 548 g/mol. The number of carbonyl (C=O) groups is 3. The molecule has 4 heterocycles. The Bertz CT molecular complexity index is 1310. The molecule has 204 valence electrons. The minimum absolute atomic E-state index is 0.0183. The molecule has 2 N–H and O–H groups in total. The number of aryl methyl sites for hydroxylation is 1. The Morgan fingerprint density at radius 3 is 2.87 bits per heavy atom. The molecule has 0 spiro atoms. The second kappa shape index (κ2) is 12.0. The summed E-state index contributed by atoms with van der Waals surface area (Å²) in [5.74, 6) is 1.73. The van der Waals surface area contributed by atoms with Gasteiger partial charge in [-0.15, -0.1) is 0 Å². The Morgan fingerprint density at radius 1 is 1.28 bits per heavy atom. The number of anilines is 3. The number of piperazine rings is 1. The number of aromatic nitrogens is 2. The van der Waals surface area contributed by atoms with Crippen LogP contribution in [0.1, 0.15) is 46.4 Å². The van der Waals surface area contributed by atoms with E-state index in [1.807, 2.05) is 29.8 Å². The number of pyridine rings is 2. The van der Waals surface area contributed by atoms with Gasteiger partial charge in [0, 0.05) is 61.6 Å². The fourth-order valence-corrected chi connectivity index (χ4v) is 5.79. The molecular weight excluding hydrogens is 516 g/mol. The molecule has 0 aromatic carbocycles. The average Bonchev–Trinajstić information content (AvgIpc) is 3.76. The predicted octanol–water partition coefficient (Wildman–Crippen LogP) is 2.73. The van der Waals surface area contributed by atoms with E-state index in [1.54, 1.807) is 11.0 Å². The standard InChI is InChI=1S/C27H32N8O3S/c1-33-8-9-34(25(37)16-33)15-19-11-18-3-2-7-35(26(18)31-23(19)17-36)27(38)32-24-12-22(20(13-28)14-30-24)29-6-10-39-21-4-5-21/h11-12,14,17,21H,2-10,15-16H2,1H3,(H2,29,30,32,38). The van der Waals surface area contributed by atoms with Crippen LogP contribution in [0.4, 0.5) is 22.1 Å². The van der Waals surface area contributed by atoms with Crippen LogP contribution in [0.2, 0.25) is 0 Å². The van der Waals surface area contributed by atoms with Crippen molar-refractivity contribution in [1.29, 1.82) is 5.26 Å². The molecule has 39 heavy (non-hydrogen) atoms. The molecule has 0 radical (unpaired) electrons. The first-order valence-electron chi connectivity index (χ1n) is 13.2. The van der Waals surface area contributed by atoms with Gasteiger partial charge in [0.1, 0.15) is 23.4 Å². The van der Waals surface area contributed by atoms with Crippen molar-refractivity contribution in [2.45, 2.75) is 37.5 Å². The number of aldehydes is 1. The number of rotatable bonds is 9. The van der Waals surface area contributed by atoms with Crippen LogP contribution in [-0.2, 0) is 17.8 Å². The van der Waals surface area contributed by atoms with Gasteiger partial charge in [0.25, 0.3) is 0 Å². The zero-order valence-electron chi connectivity index (χ0n) is 22.0. The molecule has 1 saturated carbocycles. The van der Waals surface area contributed by atoms with Crippen LogP contribution in [0, 0.1) is 11.3 Å². The summed E-state index contributed by atoms with van der Waals surface area (Å²) in [6.45, 7) is 3.19. The van der Waals surface area contributed by atoms with Crippen molar-refractivity contribution in [3.05, 3.63) is 40.7 Å². The molecule has 1 saturated heterocycles. The van der Waals surface area contributed by atoms with Gasteiger partial charge in [-0.25, -0.2) is 14.8 Å². The Hall–Kier alpha value is -3.69. The molecule has 5 rings (SSSR count). The first-order chi connectivity index (χ1) is 18.9. The van der Waals surface area contributed by atoms with E-state index >= 15 is 0 Å². The van der Waals surface area contributed by atoms with Gasteiger partial charge in [0.15, 0.2) is 6.29 Å². The number of likely N-dealkylation sites (N-methyl/N-ethyl adjacent to an activating group) is 1. The van der Waals surface area contributed by atoms with Gasteiger partial charge in [0.05, 0.1) is 17.8 Å². The molecular formula is C27H32N8O3S. The second-order valence-corrected chi connectivity index (χ2v) is 11.5. The number of fused-ring (bicyclic) bond motifs is 1. The second-order valence-electron chi connectivity index (χ2n) is 10.1. The van der Waals surface area contributed by atoms with E-state index in [9.17, 15) is 19.6 Å². The third-order valence-corrected chi connectivity index (χ3v) is 8.44. The molecule has 2 fully saturated rings. The number of hydrogen-bond donors (Lipinski definition) is 2. The molecule has 3 aliphatic rings. The summed E-state index contributed by atoms with van der Waals surface area (Å²) in [6, 6.07) is 5.31. The molecule has 0 atom stereocenters. The van der Waals surface area contributed by atoms with Crippen molar-refractivity contribution in [2.75, 3.05) is 61.1 Å². The fraction of sp³-hybridized carbons (Fsp3) is 0.481. The van der Waals surface area contributed by atoms with E-state index in [1.165, 1.54) is 23.9 Å². The van der Waals surface area contributed by atoms with E-state index < -0.39 is 6.03 Å². The minimum Gasteiger partial charge on any atom is -0.383 e. The molecule has 3 amide bonds. The van der Waals surface area contributed by atoms with E-state index in [0.29, 0.717) is 67.5 Å². The SMILES string of the molecule is CN1CCN(Cc2cc3c(nc2C=O)N(C(=O)Nc2cc(NCCSC4CC4)c(C#N)cn2)CCC3)C(=O)C1. The molecule has 0 bridgehead atoms. The number of urea groups is 1. The molecule has 11 nitrogen and oxygen atoms in total. The smallest absolute Gasteiger partial charge is 0.328 e. The first kappa shape index (κ1) is 26.9. The van der Waals surface area contributed by atoms with Crippen molar-refractivity contribution in [2.24, 2.45) is 0 Å². The topological polar surface area (TPSA) is 135 Å². The number of amides is 3. The molecule has 1 aliphatic carbocycles. The Balaban J connectivity index is 1.29. The molecule has 12 heteroatoms. The van der Waals surface area contributed by atoms with Crippen molar-refractivity contribution in [1.82, 2.24) is 19.8 Å². The number of nitriles is 1. The van der Waals surface area contributed by atoms with Gasteiger partial charge in [-0.2, -0.15) is 17.0 Å². The summed E-state index contributed by atoms with van der Waals surface area (Å²) in [5.41, 5.74) is 2.82. The highest BCUT2D eigenvalue weighted by atomic mass is 32.2. The van der Waals surface area contributed by atoms with E-state index in [2.05, 4.69) is 26.7 Å². The predicted molar refractivity (Wildman–Crippen MR) is 150 cm³/mol. The maximum Gasteiger partial charge on any atom is 0.328 e. The zero-order chi connectivity index (χ0) is 27.4. The summed E-state index contributed by atoms with van der Waals surface area (Å²) in [7, 11) is 1.91. The summed E-state index contributed by atoms with van der Waals surface area (Å²) >= 11 is 1.93. The molecule has 2 aliphatic heterocycles. The number of thioether (sulfide) groups is 1. The van der Waals surface area contributed by atoms with Crippen molar-refractivity contribution < 1.29 is 14.4 Å². The van der Waals surface area contributed by atoms with Crippen LogP contribution < -0.4 is 15.5 Å². The van der Waals surface area contributed by atoms with Gasteiger partial charge in [-0.05, 0) is 44.4 Å². The lowest BCUT2D eigenvalue weighted by Crippen LogP contribution is -2.48. The summed E-state index contributed by atoms with van der Waals surface area (Å²) < 4.78 is 0. The van der Waals surface area contributed by atoms with Crippen molar-refractivity contribution in [3.63, 3.8) is 0 Å². The van der Waals surface area contributed by atoms with Gasteiger partial charge in [-0.1, -0.05) is 0 Å². The lowest BCUT2D eigenvalue weighted by molar-refractivity contribution is -0.136. The van der Waals surface area contributed by atoms with Crippen molar-refractivity contribution in [3.8, 4) is 6.07 Å². The van der Waals surface area contributed by atoms with Crippen LogP contribution >= 0.6 is 11.8 Å². The number of hydrogen-bond acceptors (Lipinski definition) is 9. The third-order valence-electron chi connectivity index (χ3n) is 7.06. The van der Waals surface area contributed by atoms with E-state index in [4.69, 9.17) is 0 Å². The molecule has 2 aromatic heterocycles. The number of nitrogens with zero attached hydrogens (tertiary/aromatic N) is 6. The highest BCUT2D eigenvalue weighted by Gasteiger charge is 2.28. The maximum absolute atomic E-state index is 13.3. The van der Waals surface area contributed by atoms with Gasteiger partial charge in [-0.3, -0.25) is 24.7 Å². The van der Waals surface area contributed by atoms with Crippen molar-refractivity contribution >= 4 is 47.3 Å². The normalized spacial score (nSPS) is 17.4. The van der Waals surface area contributed by atoms with Crippen LogP contribution in [0.3, 0.4) is 0 Å². The number of carbonyl (C=O) groups excluding carboxylic acids is 3. The zero-order valence-corrected chi connectivity index (χ0v) is 22.8. The minimum atomic E-state index is -0.408. The van der Waals surface area contributed by atoms with Gasteiger partial charge >= 0.3 is 6.03 Å². The number of nitrogens with one attached hydrogen (secondary N) is 2. The molecule has 0 unspecified atom stereocenters. The van der Waals surface area contributed by atoms with Crippen LogP contribution in [0.5, 0.6) is 0 Å². The maximum atomic E-state index is 13.3. The average molecular weight is 549 g/mol.